The molecule has 0 bridgehead atoms. The van der Waals surface area contributed by atoms with Gasteiger partial charge in [0, 0.05) is 48.7 Å². The van der Waals surface area contributed by atoms with E-state index >= 15 is 0 Å². The zero-order valence-electron chi connectivity index (χ0n) is 19.6. The van der Waals surface area contributed by atoms with Crippen LogP contribution < -0.4 is 16.2 Å². The number of nitrogens with zero attached hydrogens (tertiary/aromatic N) is 4. The maximum Gasteiger partial charge on any atom is 0.281 e. The zero-order valence-corrected chi connectivity index (χ0v) is 19.6. The van der Waals surface area contributed by atoms with Gasteiger partial charge in [-0.25, -0.2) is 4.98 Å². The van der Waals surface area contributed by atoms with Crippen molar-refractivity contribution in [1.29, 1.82) is 5.41 Å². The average molecular weight is 466 g/mol. The van der Waals surface area contributed by atoms with Gasteiger partial charge in [-0.1, -0.05) is 6.07 Å². The lowest BCUT2D eigenvalue weighted by molar-refractivity contribution is 0.856. The Morgan fingerprint density at radius 2 is 2.00 bits per heavy atom. The molecule has 0 aromatic carbocycles. The summed E-state index contributed by atoms with van der Waals surface area (Å²) >= 11 is 0. The van der Waals surface area contributed by atoms with Crippen LogP contribution in [0.4, 0.5) is 5.82 Å². The topological polar surface area (TPSA) is 109 Å². The first kappa shape index (κ1) is 21.5. The lowest BCUT2D eigenvalue weighted by Gasteiger charge is -2.15. The summed E-state index contributed by atoms with van der Waals surface area (Å²) in [5, 5.41) is 19.2. The summed E-state index contributed by atoms with van der Waals surface area (Å²) in [5.41, 5.74) is 4.83. The molecule has 3 heterocycles. The molecular formula is C27H27N7O. The minimum Gasteiger partial charge on any atom is -0.393 e. The second kappa shape index (κ2) is 8.61. The summed E-state index contributed by atoms with van der Waals surface area (Å²) in [7, 11) is 1.78. The highest BCUT2D eigenvalue weighted by Crippen LogP contribution is 2.39. The van der Waals surface area contributed by atoms with Crippen LogP contribution in [-0.2, 0) is 0 Å². The SMILES string of the molecule is CN/C=C1/C=C(n2nc3ccc(NCC4CC4)nc3c(-c3ccc(C4CC4)nc3)c2=O)C=CC1=N. The van der Waals surface area contributed by atoms with Gasteiger partial charge in [0.1, 0.15) is 16.9 Å². The molecule has 8 heteroatoms. The molecule has 3 aromatic heterocycles. The predicted molar refractivity (Wildman–Crippen MR) is 139 cm³/mol. The molecule has 0 unspecified atom stereocenters. The molecule has 176 valence electrons. The smallest absolute Gasteiger partial charge is 0.281 e. The molecule has 8 nitrogen and oxygen atoms in total. The summed E-state index contributed by atoms with van der Waals surface area (Å²) in [6, 6.07) is 7.81. The Balaban J connectivity index is 1.51. The fraction of sp³-hybridized carbons (Fsp3) is 0.296. The second-order valence-corrected chi connectivity index (χ2v) is 9.43. The van der Waals surface area contributed by atoms with Crippen LogP contribution in [0.1, 0.15) is 37.3 Å². The van der Waals surface area contributed by atoms with Gasteiger partial charge in [0.2, 0.25) is 0 Å². The first-order valence-corrected chi connectivity index (χ1v) is 12.1. The van der Waals surface area contributed by atoms with Crippen molar-refractivity contribution in [3.63, 3.8) is 0 Å². The van der Waals surface area contributed by atoms with Crippen LogP contribution in [-0.4, -0.2) is 39.1 Å². The van der Waals surface area contributed by atoms with Crippen molar-refractivity contribution in [1.82, 2.24) is 25.1 Å². The van der Waals surface area contributed by atoms with E-state index in [1.807, 2.05) is 24.3 Å². The van der Waals surface area contributed by atoms with Crippen LogP contribution in [0, 0.1) is 11.3 Å². The van der Waals surface area contributed by atoms with Gasteiger partial charge in [-0.2, -0.15) is 9.78 Å². The molecule has 0 spiro atoms. The summed E-state index contributed by atoms with van der Waals surface area (Å²) in [5.74, 6) is 1.99. The molecule has 0 amide bonds. The Kier molecular flexibility index (Phi) is 5.28. The van der Waals surface area contributed by atoms with E-state index < -0.39 is 0 Å². The van der Waals surface area contributed by atoms with Gasteiger partial charge in [-0.15, -0.1) is 0 Å². The van der Waals surface area contributed by atoms with Gasteiger partial charge in [0.15, 0.2) is 0 Å². The maximum absolute atomic E-state index is 13.9. The normalized spacial score (nSPS) is 18.7. The zero-order chi connectivity index (χ0) is 23.9. The fourth-order valence-electron chi connectivity index (χ4n) is 4.31. The number of nitrogens with one attached hydrogen (secondary N) is 3. The molecule has 0 saturated heterocycles. The van der Waals surface area contributed by atoms with Crippen molar-refractivity contribution in [3.05, 3.63) is 76.5 Å². The number of rotatable bonds is 7. The van der Waals surface area contributed by atoms with Crippen molar-refractivity contribution < 1.29 is 0 Å². The van der Waals surface area contributed by atoms with Crippen LogP contribution in [0.5, 0.6) is 0 Å². The highest BCUT2D eigenvalue weighted by molar-refractivity contribution is 6.12. The predicted octanol–water partition coefficient (Wildman–Crippen LogP) is 4.09. The van der Waals surface area contributed by atoms with Crippen LogP contribution in [0.25, 0.3) is 27.9 Å². The molecule has 0 atom stereocenters. The third kappa shape index (κ3) is 4.27. The number of allylic oxidation sites excluding steroid dienone is 5. The van der Waals surface area contributed by atoms with Crippen LogP contribution in [0.3, 0.4) is 0 Å². The van der Waals surface area contributed by atoms with E-state index in [0.717, 1.165) is 23.6 Å². The highest BCUT2D eigenvalue weighted by Gasteiger charge is 2.26. The average Bonchev–Trinajstić information content (AvgIpc) is 3.79. The van der Waals surface area contributed by atoms with Gasteiger partial charge in [0.05, 0.1) is 17.0 Å². The minimum atomic E-state index is -0.265. The maximum atomic E-state index is 13.9. The number of aromatic nitrogens is 4. The molecule has 0 radical (unpaired) electrons. The van der Waals surface area contributed by atoms with Crippen molar-refractivity contribution in [2.24, 2.45) is 5.92 Å². The molecule has 3 aromatic rings. The lowest BCUT2D eigenvalue weighted by Crippen LogP contribution is -2.25. The summed E-state index contributed by atoms with van der Waals surface area (Å²) < 4.78 is 1.40. The number of hydrogen-bond donors (Lipinski definition) is 3. The number of fused-ring (bicyclic) bond motifs is 1. The molecule has 35 heavy (non-hydrogen) atoms. The number of pyridine rings is 2. The van der Waals surface area contributed by atoms with Crippen molar-refractivity contribution >= 4 is 28.3 Å². The van der Waals surface area contributed by atoms with E-state index in [0.29, 0.717) is 45.4 Å². The van der Waals surface area contributed by atoms with Crippen LogP contribution in [0.15, 0.2) is 65.3 Å². The Bertz CT molecular complexity index is 1470. The molecule has 2 saturated carbocycles. The molecule has 3 N–H and O–H groups in total. The Labute approximate surface area is 203 Å². The first-order valence-electron chi connectivity index (χ1n) is 12.1. The molecular weight excluding hydrogens is 438 g/mol. The summed E-state index contributed by atoms with van der Waals surface area (Å²) in [6.45, 7) is 0.889. The molecule has 2 fully saturated rings. The van der Waals surface area contributed by atoms with Crippen LogP contribution in [0.2, 0.25) is 0 Å². The Hall–Kier alpha value is -4.07. The molecule has 3 aliphatic carbocycles. The van der Waals surface area contributed by atoms with E-state index in [-0.39, 0.29) is 5.56 Å². The first-order chi connectivity index (χ1) is 17.1. The minimum absolute atomic E-state index is 0.265. The quantitative estimate of drug-likeness (QED) is 0.485. The fourth-order valence-corrected chi connectivity index (χ4v) is 4.31. The van der Waals surface area contributed by atoms with E-state index in [2.05, 4.69) is 20.7 Å². The van der Waals surface area contributed by atoms with Crippen molar-refractivity contribution in [2.75, 3.05) is 18.9 Å². The van der Waals surface area contributed by atoms with E-state index in [4.69, 9.17) is 10.4 Å². The lowest BCUT2D eigenvalue weighted by atomic mass is 10.0. The molecule has 0 aliphatic heterocycles. The molecule has 6 rings (SSSR count). The summed E-state index contributed by atoms with van der Waals surface area (Å²) in [4.78, 5) is 23.4. The third-order valence-corrected chi connectivity index (χ3v) is 6.64. The summed E-state index contributed by atoms with van der Waals surface area (Å²) in [6.07, 6.45) is 13.6. The van der Waals surface area contributed by atoms with Gasteiger partial charge < -0.3 is 16.0 Å². The monoisotopic (exact) mass is 465 g/mol. The van der Waals surface area contributed by atoms with Gasteiger partial charge in [-0.05, 0) is 68.0 Å². The van der Waals surface area contributed by atoms with E-state index in [1.54, 1.807) is 37.7 Å². The van der Waals surface area contributed by atoms with Gasteiger partial charge in [0.25, 0.3) is 5.56 Å². The largest absolute Gasteiger partial charge is 0.393 e. The molecule has 3 aliphatic rings. The number of anilines is 1. The van der Waals surface area contributed by atoms with E-state index in [9.17, 15) is 4.79 Å². The highest BCUT2D eigenvalue weighted by atomic mass is 16.1. The van der Waals surface area contributed by atoms with Gasteiger partial charge >= 0.3 is 0 Å². The Morgan fingerprint density at radius 3 is 2.71 bits per heavy atom. The van der Waals surface area contributed by atoms with Crippen LogP contribution >= 0.6 is 0 Å². The van der Waals surface area contributed by atoms with E-state index in [1.165, 1.54) is 30.4 Å². The van der Waals surface area contributed by atoms with Crippen molar-refractivity contribution in [2.45, 2.75) is 31.6 Å². The standard InChI is InChI=1S/C27H27N7O/c1-29-14-19-12-20(7-8-21(19)28)34-27(35)25(18-6-9-22(30-15-18)17-4-5-17)26-23(33-34)10-11-24(32-26)31-13-16-2-3-16/h6-12,14-17,28-29H,2-5,13H2,1H3,(H,31,32)/b19-14-,28-21?. The third-order valence-electron chi connectivity index (χ3n) is 6.64. The van der Waals surface area contributed by atoms with Gasteiger partial charge in [-0.3, -0.25) is 9.78 Å². The number of hydrogen-bond acceptors (Lipinski definition) is 7. The Morgan fingerprint density at radius 1 is 1.14 bits per heavy atom. The van der Waals surface area contributed by atoms with Crippen molar-refractivity contribution in [3.8, 4) is 11.1 Å². The second-order valence-electron chi connectivity index (χ2n) is 9.43.